The maximum Gasteiger partial charge on any atom is 0.208 e. The summed E-state index contributed by atoms with van der Waals surface area (Å²) >= 11 is 2.23. The van der Waals surface area contributed by atoms with Gasteiger partial charge in [-0.15, -0.1) is 0 Å². The van der Waals surface area contributed by atoms with Crippen LogP contribution in [0.5, 0.6) is 0 Å². The second-order valence-corrected chi connectivity index (χ2v) is 3.74. The molecule has 68 valence electrons. The van der Waals surface area contributed by atoms with Crippen molar-refractivity contribution in [2.45, 2.75) is 6.92 Å². The summed E-state index contributed by atoms with van der Waals surface area (Å²) in [6.07, 6.45) is 5.50. The van der Waals surface area contributed by atoms with E-state index < -0.39 is 0 Å². The molecule has 0 radical (unpaired) electrons. The van der Waals surface area contributed by atoms with Crippen LogP contribution in [0, 0.1) is 3.57 Å². The van der Waals surface area contributed by atoms with Gasteiger partial charge in [-0.05, 0) is 29.5 Å². The van der Waals surface area contributed by atoms with Crippen LogP contribution in [-0.2, 0) is 0 Å². The molecule has 4 nitrogen and oxygen atoms in total. The largest absolute Gasteiger partial charge is 0.356 e. The van der Waals surface area contributed by atoms with Crippen molar-refractivity contribution in [3.8, 4) is 0 Å². The van der Waals surface area contributed by atoms with Crippen molar-refractivity contribution in [3.05, 3.63) is 22.2 Å². The third kappa shape index (κ3) is 1.48. The van der Waals surface area contributed by atoms with Crippen LogP contribution in [-0.4, -0.2) is 20.9 Å². The molecule has 1 N–H and O–H groups in total. The molecule has 0 aromatic carbocycles. The number of nitrogens with one attached hydrogen (secondary N) is 1. The zero-order valence-electron chi connectivity index (χ0n) is 7.16. The summed E-state index contributed by atoms with van der Waals surface area (Å²) in [6, 6.07) is 0. The number of nitrogens with zero attached hydrogens (tertiary/aromatic N) is 3. The number of fused-ring (bicyclic) bond motifs is 1. The highest BCUT2D eigenvalue weighted by Gasteiger charge is 2.04. The van der Waals surface area contributed by atoms with Crippen molar-refractivity contribution >= 4 is 34.2 Å². The average molecular weight is 288 g/mol. The Labute approximate surface area is 89.5 Å². The first-order valence-corrected chi connectivity index (χ1v) is 5.12. The van der Waals surface area contributed by atoms with Gasteiger partial charge in [-0.3, -0.25) is 4.40 Å². The Bertz CT molecular complexity index is 423. The summed E-state index contributed by atoms with van der Waals surface area (Å²) in [5.74, 6) is 0.843. The van der Waals surface area contributed by atoms with Gasteiger partial charge in [0.1, 0.15) is 0 Å². The van der Waals surface area contributed by atoms with E-state index in [1.54, 1.807) is 6.20 Å². The van der Waals surface area contributed by atoms with E-state index in [0.717, 1.165) is 21.7 Å². The Morgan fingerprint density at radius 3 is 3.15 bits per heavy atom. The summed E-state index contributed by atoms with van der Waals surface area (Å²) in [5.41, 5.74) is 0.951. The number of rotatable bonds is 2. The van der Waals surface area contributed by atoms with Crippen LogP contribution in [0.4, 0.5) is 5.95 Å². The number of imidazole rings is 1. The second kappa shape index (κ2) is 3.49. The minimum absolute atomic E-state index is 0.843. The average Bonchev–Trinajstić information content (AvgIpc) is 2.59. The molecule has 2 rings (SSSR count). The highest BCUT2D eigenvalue weighted by molar-refractivity contribution is 14.1. The molecule has 0 aliphatic carbocycles. The third-order valence-electron chi connectivity index (χ3n) is 1.72. The first-order valence-electron chi connectivity index (χ1n) is 4.04. The van der Waals surface area contributed by atoms with Gasteiger partial charge in [0.25, 0.3) is 0 Å². The van der Waals surface area contributed by atoms with Crippen LogP contribution < -0.4 is 5.32 Å². The smallest absolute Gasteiger partial charge is 0.208 e. The monoisotopic (exact) mass is 288 g/mol. The fourth-order valence-electron chi connectivity index (χ4n) is 1.18. The zero-order chi connectivity index (χ0) is 9.26. The molecule has 0 saturated carbocycles. The van der Waals surface area contributed by atoms with E-state index in [4.69, 9.17) is 0 Å². The minimum atomic E-state index is 0.843. The van der Waals surface area contributed by atoms with Gasteiger partial charge in [-0.1, -0.05) is 0 Å². The summed E-state index contributed by atoms with van der Waals surface area (Å²) in [4.78, 5) is 8.51. The molecular formula is C8H9IN4. The van der Waals surface area contributed by atoms with Crippen molar-refractivity contribution in [2.24, 2.45) is 0 Å². The minimum Gasteiger partial charge on any atom is -0.356 e. The molecular weight excluding hydrogens is 279 g/mol. The zero-order valence-corrected chi connectivity index (χ0v) is 9.32. The van der Waals surface area contributed by atoms with Crippen molar-refractivity contribution in [2.75, 3.05) is 11.9 Å². The molecule has 5 heteroatoms. The number of anilines is 1. The van der Waals surface area contributed by atoms with Crippen molar-refractivity contribution in [1.82, 2.24) is 14.4 Å². The lowest BCUT2D eigenvalue weighted by molar-refractivity contribution is 1.03. The number of hydrogen-bond acceptors (Lipinski definition) is 3. The summed E-state index contributed by atoms with van der Waals surface area (Å²) in [7, 11) is 0. The normalized spacial score (nSPS) is 10.6. The van der Waals surface area contributed by atoms with E-state index in [9.17, 15) is 0 Å². The molecule has 0 spiro atoms. The SMILES string of the molecule is CCNc1ncc(I)c2nccn12. The fraction of sp³-hybridized carbons (Fsp3) is 0.250. The molecule has 0 unspecified atom stereocenters. The van der Waals surface area contributed by atoms with Gasteiger partial charge in [-0.2, -0.15) is 0 Å². The van der Waals surface area contributed by atoms with E-state index in [0.29, 0.717) is 0 Å². The Kier molecular flexibility index (Phi) is 2.34. The van der Waals surface area contributed by atoms with Gasteiger partial charge < -0.3 is 5.32 Å². The maximum absolute atomic E-state index is 4.27. The second-order valence-electron chi connectivity index (χ2n) is 2.58. The Morgan fingerprint density at radius 1 is 1.54 bits per heavy atom. The van der Waals surface area contributed by atoms with Crippen LogP contribution in [0.25, 0.3) is 5.65 Å². The summed E-state index contributed by atoms with van der Waals surface area (Å²) in [6.45, 7) is 2.91. The quantitative estimate of drug-likeness (QED) is 0.856. The van der Waals surface area contributed by atoms with Gasteiger partial charge in [0, 0.05) is 25.1 Å². The lowest BCUT2D eigenvalue weighted by Crippen LogP contribution is -2.05. The highest BCUT2D eigenvalue weighted by Crippen LogP contribution is 2.14. The van der Waals surface area contributed by atoms with Crippen molar-refractivity contribution in [3.63, 3.8) is 0 Å². The molecule has 0 amide bonds. The molecule has 0 atom stereocenters. The van der Waals surface area contributed by atoms with Crippen molar-refractivity contribution in [1.29, 1.82) is 0 Å². The van der Waals surface area contributed by atoms with Crippen LogP contribution in [0.2, 0.25) is 0 Å². The third-order valence-corrected chi connectivity index (χ3v) is 2.48. The first kappa shape index (κ1) is 8.74. The molecule has 2 aromatic heterocycles. The van der Waals surface area contributed by atoms with E-state index in [-0.39, 0.29) is 0 Å². The van der Waals surface area contributed by atoms with Gasteiger partial charge in [-0.25, -0.2) is 9.97 Å². The van der Waals surface area contributed by atoms with Crippen molar-refractivity contribution < 1.29 is 0 Å². The molecule has 0 fully saturated rings. The van der Waals surface area contributed by atoms with E-state index in [2.05, 4.69) is 37.9 Å². The molecule has 0 saturated heterocycles. The van der Waals surface area contributed by atoms with Crippen LogP contribution in [0.3, 0.4) is 0 Å². The van der Waals surface area contributed by atoms with E-state index >= 15 is 0 Å². The predicted molar refractivity (Wildman–Crippen MR) is 59.9 cm³/mol. The number of halogens is 1. The lowest BCUT2D eigenvalue weighted by atomic mass is 10.6. The molecule has 2 aromatic rings. The predicted octanol–water partition coefficient (Wildman–Crippen LogP) is 1.77. The van der Waals surface area contributed by atoms with E-state index in [1.165, 1.54) is 0 Å². The van der Waals surface area contributed by atoms with Gasteiger partial charge in [0.15, 0.2) is 5.65 Å². The molecule has 0 aliphatic heterocycles. The first-order chi connectivity index (χ1) is 6.33. The summed E-state index contributed by atoms with van der Waals surface area (Å²) in [5, 5.41) is 3.17. The number of hydrogen-bond donors (Lipinski definition) is 1. The highest BCUT2D eigenvalue weighted by atomic mass is 127. The summed E-state index contributed by atoms with van der Waals surface area (Å²) < 4.78 is 3.01. The van der Waals surface area contributed by atoms with Crippen LogP contribution >= 0.6 is 22.6 Å². The van der Waals surface area contributed by atoms with Gasteiger partial charge in [0.05, 0.1) is 3.57 Å². The molecule has 0 aliphatic rings. The molecule has 0 bridgehead atoms. The van der Waals surface area contributed by atoms with E-state index in [1.807, 2.05) is 23.7 Å². The Hall–Kier alpha value is -0.850. The van der Waals surface area contributed by atoms with Crippen LogP contribution in [0.1, 0.15) is 6.92 Å². The lowest BCUT2D eigenvalue weighted by Gasteiger charge is -2.05. The fourth-order valence-corrected chi connectivity index (χ4v) is 1.72. The molecule has 13 heavy (non-hydrogen) atoms. The topological polar surface area (TPSA) is 42.2 Å². The Morgan fingerprint density at radius 2 is 2.38 bits per heavy atom. The van der Waals surface area contributed by atoms with Crippen LogP contribution in [0.15, 0.2) is 18.6 Å². The standard InChI is InChI=1S/C8H9IN4/c1-2-10-8-12-5-6(9)7-11-3-4-13(7)8/h3-5H,2H2,1H3,(H,10,12). The van der Waals surface area contributed by atoms with Gasteiger partial charge in [0.2, 0.25) is 5.95 Å². The van der Waals surface area contributed by atoms with Gasteiger partial charge >= 0.3 is 0 Å². The molecule has 2 heterocycles. The Balaban J connectivity index is 2.64. The number of aromatic nitrogens is 3. The maximum atomic E-state index is 4.27.